The van der Waals surface area contributed by atoms with Crippen molar-refractivity contribution in [3.8, 4) is 11.3 Å². The molecule has 118 valence electrons. The lowest BCUT2D eigenvalue weighted by molar-refractivity contribution is 0.251. The highest BCUT2D eigenvalue weighted by Gasteiger charge is 2.11. The van der Waals surface area contributed by atoms with E-state index in [1.807, 2.05) is 18.4 Å². The minimum absolute atomic E-state index is 0.307. The summed E-state index contributed by atoms with van der Waals surface area (Å²) in [7, 11) is 0. The van der Waals surface area contributed by atoms with Gasteiger partial charge in [-0.3, -0.25) is 4.98 Å². The van der Waals surface area contributed by atoms with Crippen LogP contribution in [0.15, 0.2) is 40.6 Å². The number of anilines is 1. The first kappa shape index (κ1) is 15.2. The number of nitrogens with zero attached hydrogens (tertiary/aromatic N) is 2. The molecule has 0 aliphatic rings. The van der Waals surface area contributed by atoms with Gasteiger partial charge in [-0.2, -0.15) is 0 Å². The van der Waals surface area contributed by atoms with Crippen LogP contribution in [0.5, 0.6) is 0 Å². The lowest BCUT2D eigenvalue weighted by Gasteiger charge is -2.10. The smallest absolute Gasteiger partial charge is 0.319 e. The molecule has 3 rings (SSSR count). The highest BCUT2D eigenvalue weighted by Crippen LogP contribution is 2.29. The normalized spacial score (nSPS) is 10.5. The van der Waals surface area contributed by atoms with Crippen molar-refractivity contribution in [1.29, 1.82) is 0 Å². The Bertz CT molecular complexity index is 825. The number of nitrogens with one attached hydrogen (secondary N) is 2. The molecule has 0 aromatic carbocycles. The second kappa shape index (κ2) is 6.62. The Hall–Kier alpha value is -2.67. The van der Waals surface area contributed by atoms with Gasteiger partial charge < -0.3 is 15.1 Å². The van der Waals surface area contributed by atoms with Crippen LogP contribution in [0.25, 0.3) is 11.3 Å². The van der Waals surface area contributed by atoms with Crippen LogP contribution in [0.3, 0.4) is 0 Å². The van der Waals surface area contributed by atoms with E-state index in [0.717, 1.165) is 11.3 Å². The van der Waals surface area contributed by atoms with Crippen molar-refractivity contribution in [3.05, 3.63) is 52.5 Å². The number of pyridine rings is 1. The molecule has 0 fully saturated rings. The molecule has 0 radical (unpaired) electrons. The topological polar surface area (TPSA) is 80.0 Å². The Morgan fingerprint density at radius 3 is 2.91 bits per heavy atom. The van der Waals surface area contributed by atoms with Gasteiger partial charge >= 0.3 is 6.03 Å². The van der Waals surface area contributed by atoms with Crippen LogP contribution in [-0.2, 0) is 6.54 Å². The number of thiophene rings is 1. The average molecular weight is 328 g/mol. The molecule has 3 aromatic rings. The molecule has 0 bridgehead atoms. The van der Waals surface area contributed by atoms with Gasteiger partial charge in [-0.1, -0.05) is 0 Å². The minimum atomic E-state index is -0.311. The molecule has 0 atom stereocenters. The zero-order chi connectivity index (χ0) is 16.2. The predicted molar refractivity (Wildman–Crippen MR) is 89.4 cm³/mol. The van der Waals surface area contributed by atoms with Crippen LogP contribution >= 0.6 is 11.3 Å². The van der Waals surface area contributed by atoms with Crippen molar-refractivity contribution in [2.24, 2.45) is 0 Å². The number of aromatic nitrogens is 2. The Kier molecular flexibility index (Phi) is 4.38. The van der Waals surface area contributed by atoms with E-state index in [-0.39, 0.29) is 6.03 Å². The first-order chi connectivity index (χ1) is 11.1. The Labute approximate surface area is 137 Å². The first-order valence-corrected chi connectivity index (χ1v) is 7.96. The van der Waals surface area contributed by atoms with Gasteiger partial charge in [-0.15, -0.1) is 11.3 Å². The highest BCUT2D eigenvalue weighted by atomic mass is 32.1. The van der Waals surface area contributed by atoms with E-state index in [1.165, 1.54) is 11.3 Å². The predicted octanol–water partition coefficient (Wildman–Crippen LogP) is 3.74. The Morgan fingerprint density at radius 1 is 1.35 bits per heavy atom. The van der Waals surface area contributed by atoms with Crippen LogP contribution in [0.1, 0.15) is 16.3 Å². The molecule has 3 heterocycles. The summed E-state index contributed by atoms with van der Waals surface area (Å²) in [5.74, 6) is 0.695. The quantitative estimate of drug-likeness (QED) is 0.764. The van der Waals surface area contributed by atoms with Crippen molar-refractivity contribution in [2.45, 2.75) is 20.4 Å². The van der Waals surface area contributed by atoms with Crippen LogP contribution in [0.4, 0.5) is 10.5 Å². The van der Waals surface area contributed by atoms with E-state index in [2.05, 4.69) is 26.7 Å². The SMILES string of the molecule is Cc1cc(-c2ncccc2NC(=O)NCc2ncoc2C)cs1. The molecule has 2 N–H and O–H groups in total. The molecule has 0 aliphatic carbocycles. The first-order valence-electron chi connectivity index (χ1n) is 7.08. The van der Waals surface area contributed by atoms with Crippen molar-refractivity contribution in [1.82, 2.24) is 15.3 Å². The fraction of sp³-hybridized carbons (Fsp3) is 0.188. The van der Waals surface area contributed by atoms with Gasteiger partial charge in [0.05, 0.1) is 17.9 Å². The van der Waals surface area contributed by atoms with E-state index in [4.69, 9.17) is 4.42 Å². The van der Waals surface area contributed by atoms with Gasteiger partial charge in [-0.25, -0.2) is 9.78 Å². The minimum Gasteiger partial charge on any atom is -0.448 e. The maximum Gasteiger partial charge on any atom is 0.319 e. The summed E-state index contributed by atoms with van der Waals surface area (Å²) >= 11 is 1.65. The zero-order valence-electron chi connectivity index (χ0n) is 12.8. The number of amides is 2. The fourth-order valence-corrected chi connectivity index (χ4v) is 2.82. The van der Waals surface area contributed by atoms with Gasteiger partial charge in [-0.05, 0) is 32.0 Å². The van der Waals surface area contributed by atoms with Crippen molar-refractivity contribution in [2.75, 3.05) is 5.32 Å². The van der Waals surface area contributed by atoms with Crippen LogP contribution < -0.4 is 10.6 Å². The summed E-state index contributed by atoms with van der Waals surface area (Å²) in [4.78, 5) is 21.7. The van der Waals surface area contributed by atoms with Gasteiger partial charge in [0.2, 0.25) is 0 Å². The molecule has 7 heteroatoms. The lowest BCUT2D eigenvalue weighted by atomic mass is 10.2. The van der Waals surface area contributed by atoms with Crippen LogP contribution in [-0.4, -0.2) is 16.0 Å². The van der Waals surface area contributed by atoms with Crippen LogP contribution in [0.2, 0.25) is 0 Å². The molecule has 0 spiro atoms. The zero-order valence-corrected chi connectivity index (χ0v) is 13.6. The van der Waals surface area contributed by atoms with Crippen molar-refractivity contribution < 1.29 is 9.21 Å². The van der Waals surface area contributed by atoms with Crippen LogP contribution in [0, 0.1) is 13.8 Å². The number of carbonyl (C=O) groups excluding carboxylic acids is 1. The van der Waals surface area contributed by atoms with E-state index >= 15 is 0 Å². The summed E-state index contributed by atoms with van der Waals surface area (Å²) < 4.78 is 5.10. The maximum atomic E-state index is 12.1. The number of oxazole rings is 1. The largest absolute Gasteiger partial charge is 0.448 e. The molecule has 0 saturated heterocycles. The highest BCUT2D eigenvalue weighted by molar-refractivity contribution is 7.10. The molecule has 3 aromatic heterocycles. The summed E-state index contributed by atoms with van der Waals surface area (Å²) in [6, 6.07) is 5.36. The number of hydrogen-bond acceptors (Lipinski definition) is 5. The van der Waals surface area contributed by atoms with E-state index < -0.39 is 0 Å². The number of carbonyl (C=O) groups is 1. The van der Waals surface area contributed by atoms with Gasteiger partial charge in [0.15, 0.2) is 6.39 Å². The number of aryl methyl sites for hydroxylation is 2. The summed E-state index contributed by atoms with van der Waals surface area (Å²) in [5.41, 5.74) is 3.13. The monoisotopic (exact) mass is 328 g/mol. The molecular formula is C16H16N4O2S. The third kappa shape index (κ3) is 3.57. The fourth-order valence-electron chi connectivity index (χ4n) is 2.13. The summed E-state index contributed by atoms with van der Waals surface area (Å²) in [6.45, 7) is 4.15. The van der Waals surface area contributed by atoms with Crippen molar-refractivity contribution >= 4 is 23.1 Å². The van der Waals surface area contributed by atoms with Gasteiger partial charge in [0.1, 0.15) is 11.5 Å². The molecule has 0 saturated carbocycles. The molecule has 23 heavy (non-hydrogen) atoms. The van der Waals surface area contributed by atoms with E-state index in [9.17, 15) is 4.79 Å². The third-order valence-corrected chi connectivity index (χ3v) is 4.18. The lowest BCUT2D eigenvalue weighted by Crippen LogP contribution is -2.28. The second-order valence-electron chi connectivity index (χ2n) is 5.01. The Morgan fingerprint density at radius 2 is 2.22 bits per heavy atom. The number of hydrogen-bond donors (Lipinski definition) is 2. The molecule has 0 aliphatic heterocycles. The van der Waals surface area contributed by atoms with Crippen molar-refractivity contribution in [3.63, 3.8) is 0 Å². The van der Waals surface area contributed by atoms with Gasteiger partial charge in [0.25, 0.3) is 0 Å². The molecule has 6 nitrogen and oxygen atoms in total. The molecular weight excluding hydrogens is 312 g/mol. The Balaban J connectivity index is 1.70. The second-order valence-corrected chi connectivity index (χ2v) is 6.12. The standard InChI is InChI=1S/C16H16N4O2S/c1-10-6-12(8-23-10)15-13(4-3-5-17-15)20-16(21)18-7-14-11(2)22-9-19-14/h3-6,8-9H,7H2,1-2H3,(H2,18,20,21). The van der Waals surface area contributed by atoms with E-state index in [0.29, 0.717) is 23.7 Å². The third-order valence-electron chi connectivity index (χ3n) is 3.32. The van der Waals surface area contributed by atoms with E-state index in [1.54, 1.807) is 30.5 Å². The molecule has 2 amide bonds. The summed E-state index contributed by atoms with van der Waals surface area (Å²) in [5, 5.41) is 7.62. The number of urea groups is 1. The molecule has 0 unspecified atom stereocenters. The van der Waals surface area contributed by atoms with Gasteiger partial charge in [0, 0.05) is 22.0 Å². The number of rotatable bonds is 4. The average Bonchev–Trinajstić information content (AvgIpc) is 3.14. The summed E-state index contributed by atoms with van der Waals surface area (Å²) in [6.07, 6.45) is 3.08. The maximum absolute atomic E-state index is 12.1.